The molecular formula is C19H17N5O. The molecule has 1 N–H and O–H groups in total. The molecule has 0 aliphatic rings. The minimum Gasteiger partial charge on any atom is -0.444 e. The predicted octanol–water partition coefficient (Wildman–Crippen LogP) is 3.91. The number of benzene rings is 1. The molecule has 0 saturated carbocycles. The van der Waals surface area contributed by atoms with E-state index in [9.17, 15) is 0 Å². The summed E-state index contributed by atoms with van der Waals surface area (Å²) in [6, 6.07) is 11.7. The molecule has 3 aromatic heterocycles. The van der Waals surface area contributed by atoms with Crippen LogP contribution in [-0.2, 0) is 6.54 Å². The third-order valence-corrected chi connectivity index (χ3v) is 4.02. The van der Waals surface area contributed by atoms with Crippen LogP contribution in [0.25, 0.3) is 22.3 Å². The number of rotatable bonds is 4. The van der Waals surface area contributed by atoms with Crippen molar-refractivity contribution < 1.29 is 4.42 Å². The average molecular weight is 331 g/mol. The van der Waals surface area contributed by atoms with Crippen LogP contribution in [0.5, 0.6) is 0 Å². The Balaban J connectivity index is 1.73. The second-order valence-corrected chi connectivity index (χ2v) is 5.75. The summed E-state index contributed by atoms with van der Waals surface area (Å²) in [5, 5.41) is 4.29. The summed E-state index contributed by atoms with van der Waals surface area (Å²) in [7, 11) is 0. The third-order valence-electron chi connectivity index (χ3n) is 4.02. The van der Waals surface area contributed by atoms with Crippen molar-refractivity contribution >= 4 is 16.7 Å². The summed E-state index contributed by atoms with van der Waals surface area (Å²) in [6.07, 6.45) is 3.47. The van der Waals surface area contributed by atoms with Crippen LogP contribution in [0.3, 0.4) is 0 Å². The van der Waals surface area contributed by atoms with Gasteiger partial charge in [-0.2, -0.15) is 0 Å². The number of hydrogen-bond donors (Lipinski definition) is 1. The molecule has 0 aliphatic carbocycles. The van der Waals surface area contributed by atoms with E-state index in [1.807, 2.05) is 50.2 Å². The van der Waals surface area contributed by atoms with Gasteiger partial charge in [-0.25, -0.2) is 15.0 Å². The Labute approximate surface area is 145 Å². The molecule has 0 spiro atoms. The topological polar surface area (TPSA) is 76.7 Å². The molecule has 0 fully saturated rings. The lowest BCUT2D eigenvalue weighted by molar-refractivity contribution is 0.478. The standard InChI is InChI=1S/C19H17N5O/c1-12-13(2)25-17(22-12)11-21-19-15-5-3-4-6-16(15)23-18(24-19)14-7-9-20-10-8-14/h3-10H,11H2,1-2H3,(H,21,23,24). The Morgan fingerprint density at radius 2 is 1.76 bits per heavy atom. The number of oxazole rings is 1. The molecular weight excluding hydrogens is 314 g/mol. The molecule has 1 aromatic carbocycles. The summed E-state index contributed by atoms with van der Waals surface area (Å²) >= 11 is 0. The maximum Gasteiger partial charge on any atom is 0.213 e. The fourth-order valence-corrected chi connectivity index (χ4v) is 2.62. The fourth-order valence-electron chi connectivity index (χ4n) is 2.62. The number of anilines is 1. The first-order chi connectivity index (χ1) is 12.2. The van der Waals surface area contributed by atoms with Crippen molar-refractivity contribution in [3.63, 3.8) is 0 Å². The van der Waals surface area contributed by atoms with Crippen LogP contribution >= 0.6 is 0 Å². The number of nitrogens with zero attached hydrogens (tertiary/aromatic N) is 4. The molecule has 6 nitrogen and oxygen atoms in total. The van der Waals surface area contributed by atoms with E-state index in [2.05, 4.69) is 20.3 Å². The van der Waals surface area contributed by atoms with E-state index < -0.39 is 0 Å². The Kier molecular flexibility index (Phi) is 3.85. The molecule has 6 heteroatoms. The average Bonchev–Trinajstić information content (AvgIpc) is 2.98. The Morgan fingerprint density at radius 1 is 0.960 bits per heavy atom. The van der Waals surface area contributed by atoms with Gasteiger partial charge in [0.25, 0.3) is 0 Å². The lowest BCUT2D eigenvalue weighted by Crippen LogP contribution is -2.04. The van der Waals surface area contributed by atoms with Gasteiger partial charge in [0.15, 0.2) is 5.82 Å². The highest BCUT2D eigenvalue weighted by atomic mass is 16.4. The molecule has 0 saturated heterocycles. The molecule has 25 heavy (non-hydrogen) atoms. The number of aryl methyl sites for hydroxylation is 2. The SMILES string of the molecule is Cc1nc(CNc2nc(-c3ccncc3)nc3ccccc23)oc1C. The summed E-state index contributed by atoms with van der Waals surface area (Å²) in [4.78, 5) is 17.8. The van der Waals surface area contributed by atoms with Crippen LogP contribution in [0.1, 0.15) is 17.3 Å². The van der Waals surface area contributed by atoms with Gasteiger partial charge < -0.3 is 9.73 Å². The molecule has 124 valence electrons. The molecule has 0 radical (unpaired) electrons. The van der Waals surface area contributed by atoms with Crippen molar-refractivity contribution in [2.24, 2.45) is 0 Å². The quantitative estimate of drug-likeness (QED) is 0.611. The highest BCUT2D eigenvalue weighted by molar-refractivity contribution is 5.90. The van der Waals surface area contributed by atoms with Gasteiger partial charge in [0.05, 0.1) is 17.8 Å². The number of nitrogens with one attached hydrogen (secondary N) is 1. The number of aromatic nitrogens is 4. The van der Waals surface area contributed by atoms with E-state index in [-0.39, 0.29) is 0 Å². The van der Waals surface area contributed by atoms with E-state index in [4.69, 9.17) is 9.40 Å². The third kappa shape index (κ3) is 3.06. The van der Waals surface area contributed by atoms with Gasteiger partial charge in [-0.1, -0.05) is 12.1 Å². The summed E-state index contributed by atoms with van der Waals surface area (Å²) in [5.74, 6) is 2.89. The lowest BCUT2D eigenvalue weighted by atomic mass is 10.2. The van der Waals surface area contributed by atoms with E-state index in [0.717, 1.165) is 33.7 Å². The zero-order valence-corrected chi connectivity index (χ0v) is 14.0. The smallest absolute Gasteiger partial charge is 0.213 e. The minimum absolute atomic E-state index is 0.464. The maximum absolute atomic E-state index is 5.64. The molecule has 4 rings (SSSR count). The van der Waals surface area contributed by atoms with Crippen molar-refractivity contribution in [3.05, 3.63) is 66.1 Å². The second kappa shape index (κ2) is 6.32. The van der Waals surface area contributed by atoms with E-state index in [0.29, 0.717) is 18.3 Å². The lowest BCUT2D eigenvalue weighted by Gasteiger charge is -2.09. The van der Waals surface area contributed by atoms with Crippen LogP contribution in [0.2, 0.25) is 0 Å². The normalized spacial score (nSPS) is 11.0. The largest absolute Gasteiger partial charge is 0.444 e. The summed E-state index contributed by atoms with van der Waals surface area (Å²) in [5.41, 5.74) is 2.71. The van der Waals surface area contributed by atoms with Crippen LogP contribution in [0.15, 0.2) is 53.2 Å². The number of fused-ring (bicyclic) bond motifs is 1. The van der Waals surface area contributed by atoms with Crippen molar-refractivity contribution in [1.29, 1.82) is 0 Å². The molecule has 0 unspecified atom stereocenters. The minimum atomic E-state index is 0.464. The van der Waals surface area contributed by atoms with E-state index >= 15 is 0 Å². The first-order valence-corrected chi connectivity index (χ1v) is 8.04. The molecule has 0 bridgehead atoms. The van der Waals surface area contributed by atoms with Crippen molar-refractivity contribution in [2.75, 3.05) is 5.32 Å². The van der Waals surface area contributed by atoms with E-state index in [1.54, 1.807) is 12.4 Å². The zero-order chi connectivity index (χ0) is 17.2. The Hall–Kier alpha value is -3.28. The number of para-hydroxylation sites is 1. The zero-order valence-electron chi connectivity index (χ0n) is 14.0. The van der Waals surface area contributed by atoms with Gasteiger partial charge in [-0.15, -0.1) is 0 Å². The van der Waals surface area contributed by atoms with Crippen LogP contribution < -0.4 is 5.32 Å². The predicted molar refractivity (Wildman–Crippen MR) is 96.1 cm³/mol. The number of hydrogen-bond acceptors (Lipinski definition) is 6. The highest BCUT2D eigenvalue weighted by Crippen LogP contribution is 2.25. The van der Waals surface area contributed by atoms with Crippen LogP contribution in [0.4, 0.5) is 5.82 Å². The summed E-state index contributed by atoms with van der Waals surface area (Å²) < 4.78 is 5.64. The highest BCUT2D eigenvalue weighted by Gasteiger charge is 2.11. The van der Waals surface area contributed by atoms with Gasteiger partial charge in [0.1, 0.15) is 11.6 Å². The molecule has 0 aliphatic heterocycles. The molecule has 4 aromatic rings. The fraction of sp³-hybridized carbons (Fsp3) is 0.158. The summed E-state index contributed by atoms with van der Waals surface area (Å²) in [6.45, 7) is 4.31. The van der Waals surface area contributed by atoms with Gasteiger partial charge in [0, 0.05) is 23.3 Å². The number of pyridine rings is 1. The van der Waals surface area contributed by atoms with Gasteiger partial charge >= 0.3 is 0 Å². The monoisotopic (exact) mass is 331 g/mol. The van der Waals surface area contributed by atoms with E-state index in [1.165, 1.54) is 0 Å². The molecule has 3 heterocycles. The van der Waals surface area contributed by atoms with Crippen LogP contribution in [0, 0.1) is 13.8 Å². The first-order valence-electron chi connectivity index (χ1n) is 8.04. The van der Waals surface area contributed by atoms with Gasteiger partial charge in [-0.05, 0) is 38.1 Å². The second-order valence-electron chi connectivity index (χ2n) is 5.75. The molecule has 0 atom stereocenters. The van der Waals surface area contributed by atoms with Gasteiger partial charge in [-0.3, -0.25) is 4.98 Å². The maximum atomic E-state index is 5.64. The van der Waals surface area contributed by atoms with Crippen molar-refractivity contribution in [2.45, 2.75) is 20.4 Å². The Bertz CT molecular complexity index is 1010. The van der Waals surface area contributed by atoms with Crippen molar-refractivity contribution in [1.82, 2.24) is 19.9 Å². The van der Waals surface area contributed by atoms with Crippen LogP contribution in [-0.4, -0.2) is 19.9 Å². The van der Waals surface area contributed by atoms with Gasteiger partial charge in [0.2, 0.25) is 5.89 Å². The first kappa shape index (κ1) is 15.3. The molecule has 0 amide bonds. The Morgan fingerprint density at radius 3 is 2.52 bits per heavy atom. The van der Waals surface area contributed by atoms with Crippen molar-refractivity contribution in [3.8, 4) is 11.4 Å².